The molecule has 1 saturated carbocycles. The van der Waals surface area contributed by atoms with Crippen LogP contribution in [0.15, 0.2) is 5.38 Å². The molecule has 1 aliphatic rings. The third kappa shape index (κ3) is 4.27. The molecular formula is C16H27N3OS. The fourth-order valence-electron chi connectivity index (χ4n) is 3.24. The number of nitrogens with zero attached hydrogens (tertiary/aromatic N) is 1. The van der Waals surface area contributed by atoms with Gasteiger partial charge < -0.3 is 11.1 Å². The van der Waals surface area contributed by atoms with Crippen molar-refractivity contribution in [3.63, 3.8) is 0 Å². The van der Waals surface area contributed by atoms with Gasteiger partial charge in [-0.15, -0.1) is 11.3 Å². The van der Waals surface area contributed by atoms with Gasteiger partial charge in [-0.3, -0.25) is 4.79 Å². The molecule has 1 aromatic heterocycles. The monoisotopic (exact) mass is 309 g/mol. The maximum Gasteiger partial charge on any atom is 0.270 e. The zero-order valence-electron chi connectivity index (χ0n) is 13.3. The van der Waals surface area contributed by atoms with E-state index in [4.69, 9.17) is 5.73 Å². The summed E-state index contributed by atoms with van der Waals surface area (Å²) >= 11 is 1.52. The molecule has 5 heteroatoms. The van der Waals surface area contributed by atoms with Crippen LogP contribution in [0, 0.1) is 11.3 Å². The Morgan fingerprint density at radius 3 is 2.81 bits per heavy atom. The highest BCUT2D eigenvalue weighted by Gasteiger charge is 2.35. The van der Waals surface area contributed by atoms with E-state index in [9.17, 15) is 4.79 Å². The molecule has 2 rings (SSSR count). The number of carbonyl (C=O) groups excluding carboxylic acids is 1. The summed E-state index contributed by atoms with van der Waals surface area (Å²) in [4.78, 5) is 16.8. The maximum atomic E-state index is 12.4. The highest BCUT2D eigenvalue weighted by Crippen LogP contribution is 2.38. The first-order valence-corrected chi connectivity index (χ1v) is 8.75. The van der Waals surface area contributed by atoms with Gasteiger partial charge >= 0.3 is 0 Å². The minimum atomic E-state index is -0.0318. The Hall–Kier alpha value is -0.940. The molecule has 2 unspecified atom stereocenters. The van der Waals surface area contributed by atoms with Crippen LogP contribution in [0.5, 0.6) is 0 Å². The topological polar surface area (TPSA) is 68.0 Å². The Labute approximate surface area is 131 Å². The van der Waals surface area contributed by atoms with E-state index in [1.165, 1.54) is 30.6 Å². The second-order valence-corrected chi connectivity index (χ2v) is 7.94. The molecule has 1 aliphatic carbocycles. The van der Waals surface area contributed by atoms with Gasteiger partial charge in [0.2, 0.25) is 0 Å². The van der Waals surface area contributed by atoms with Crippen LogP contribution in [0.2, 0.25) is 0 Å². The fourth-order valence-corrected chi connectivity index (χ4v) is 4.03. The SMILES string of the molecule is CC(C)(C)C1CCCCC1NC(=O)c1csc(CCN)n1. The third-order valence-electron chi connectivity index (χ3n) is 4.34. The van der Waals surface area contributed by atoms with Crippen molar-refractivity contribution in [2.45, 2.75) is 58.9 Å². The van der Waals surface area contributed by atoms with E-state index < -0.39 is 0 Å². The van der Waals surface area contributed by atoms with Gasteiger partial charge in [-0.1, -0.05) is 33.6 Å². The van der Waals surface area contributed by atoms with Gasteiger partial charge in [0.15, 0.2) is 0 Å². The first-order valence-electron chi connectivity index (χ1n) is 7.87. The summed E-state index contributed by atoms with van der Waals surface area (Å²) in [6.45, 7) is 7.38. The van der Waals surface area contributed by atoms with Crippen molar-refractivity contribution >= 4 is 17.2 Å². The first kappa shape index (κ1) is 16.4. The minimum Gasteiger partial charge on any atom is -0.348 e. The summed E-state index contributed by atoms with van der Waals surface area (Å²) in [5.41, 5.74) is 6.30. The van der Waals surface area contributed by atoms with Gasteiger partial charge in [0, 0.05) is 17.8 Å². The van der Waals surface area contributed by atoms with E-state index in [-0.39, 0.29) is 17.4 Å². The molecule has 118 valence electrons. The number of aromatic nitrogens is 1. The predicted octanol–water partition coefficient (Wildman–Crippen LogP) is 2.98. The average Bonchev–Trinajstić information content (AvgIpc) is 2.87. The lowest BCUT2D eigenvalue weighted by molar-refractivity contribution is 0.0826. The van der Waals surface area contributed by atoms with Gasteiger partial charge in [0.1, 0.15) is 5.69 Å². The van der Waals surface area contributed by atoms with E-state index in [2.05, 4.69) is 31.1 Å². The van der Waals surface area contributed by atoms with Gasteiger partial charge in [-0.2, -0.15) is 0 Å². The van der Waals surface area contributed by atoms with Crippen LogP contribution in [0.25, 0.3) is 0 Å². The molecule has 0 aromatic carbocycles. The number of nitrogens with two attached hydrogens (primary N) is 1. The van der Waals surface area contributed by atoms with E-state index in [1.807, 2.05) is 5.38 Å². The lowest BCUT2D eigenvalue weighted by Gasteiger charge is -2.40. The molecule has 0 bridgehead atoms. The lowest BCUT2D eigenvalue weighted by Crippen LogP contribution is -2.46. The molecule has 1 heterocycles. The Balaban J connectivity index is 2.02. The molecule has 0 aliphatic heterocycles. The Kier molecular flexibility index (Phi) is 5.38. The quantitative estimate of drug-likeness (QED) is 0.898. The van der Waals surface area contributed by atoms with E-state index >= 15 is 0 Å². The lowest BCUT2D eigenvalue weighted by atomic mass is 9.69. The van der Waals surface area contributed by atoms with Crippen LogP contribution in [0.1, 0.15) is 62.0 Å². The van der Waals surface area contributed by atoms with Gasteiger partial charge in [-0.05, 0) is 30.7 Å². The molecule has 21 heavy (non-hydrogen) atoms. The van der Waals surface area contributed by atoms with Gasteiger partial charge in [0.25, 0.3) is 5.91 Å². The molecule has 0 saturated heterocycles. The molecule has 4 nitrogen and oxygen atoms in total. The Morgan fingerprint density at radius 1 is 1.43 bits per heavy atom. The largest absolute Gasteiger partial charge is 0.348 e. The smallest absolute Gasteiger partial charge is 0.270 e. The summed E-state index contributed by atoms with van der Waals surface area (Å²) in [6.07, 6.45) is 5.49. The highest BCUT2D eigenvalue weighted by molar-refractivity contribution is 7.09. The Bertz CT molecular complexity index is 478. The van der Waals surface area contributed by atoms with Crippen LogP contribution in [-0.4, -0.2) is 23.5 Å². The van der Waals surface area contributed by atoms with Crippen molar-refractivity contribution in [2.75, 3.05) is 6.54 Å². The molecule has 1 fully saturated rings. The number of amides is 1. The first-order chi connectivity index (χ1) is 9.91. The maximum absolute atomic E-state index is 12.4. The summed E-state index contributed by atoms with van der Waals surface area (Å²) in [5, 5.41) is 6.01. The number of rotatable bonds is 4. The van der Waals surface area contributed by atoms with Crippen LogP contribution in [-0.2, 0) is 6.42 Å². The second-order valence-electron chi connectivity index (χ2n) is 7.00. The molecule has 0 radical (unpaired) electrons. The number of nitrogens with one attached hydrogen (secondary N) is 1. The molecule has 1 aromatic rings. The summed E-state index contributed by atoms with van der Waals surface area (Å²) in [6, 6.07) is 0.269. The minimum absolute atomic E-state index is 0.0318. The summed E-state index contributed by atoms with van der Waals surface area (Å²) < 4.78 is 0. The van der Waals surface area contributed by atoms with Crippen molar-refractivity contribution in [1.82, 2.24) is 10.3 Å². The second kappa shape index (κ2) is 6.88. The number of thiazole rings is 1. The van der Waals surface area contributed by atoms with Crippen LogP contribution >= 0.6 is 11.3 Å². The van der Waals surface area contributed by atoms with Crippen LogP contribution < -0.4 is 11.1 Å². The van der Waals surface area contributed by atoms with Gasteiger partial charge in [-0.25, -0.2) is 4.98 Å². The van der Waals surface area contributed by atoms with Crippen molar-refractivity contribution in [3.05, 3.63) is 16.1 Å². The standard InChI is InChI=1S/C16H27N3OS/c1-16(2,3)11-6-4-5-7-12(11)19-15(20)13-10-21-14(18-13)8-9-17/h10-12H,4-9,17H2,1-3H3,(H,19,20). The normalized spacial score (nSPS) is 23.0. The highest BCUT2D eigenvalue weighted by atomic mass is 32.1. The Morgan fingerprint density at radius 2 is 2.14 bits per heavy atom. The fraction of sp³-hybridized carbons (Fsp3) is 0.750. The van der Waals surface area contributed by atoms with Crippen molar-refractivity contribution < 1.29 is 4.79 Å². The zero-order valence-corrected chi connectivity index (χ0v) is 14.1. The van der Waals surface area contributed by atoms with Crippen molar-refractivity contribution in [3.8, 4) is 0 Å². The van der Waals surface area contributed by atoms with Crippen LogP contribution in [0.3, 0.4) is 0 Å². The number of hydrogen-bond acceptors (Lipinski definition) is 4. The third-order valence-corrected chi connectivity index (χ3v) is 5.25. The average molecular weight is 309 g/mol. The summed E-state index contributed by atoms with van der Waals surface area (Å²) in [7, 11) is 0. The van der Waals surface area contributed by atoms with Crippen LogP contribution in [0.4, 0.5) is 0 Å². The number of hydrogen-bond donors (Lipinski definition) is 2. The molecular weight excluding hydrogens is 282 g/mol. The van der Waals surface area contributed by atoms with Crippen molar-refractivity contribution in [2.24, 2.45) is 17.1 Å². The molecule has 0 spiro atoms. The van der Waals surface area contributed by atoms with Crippen molar-refractivity contribution in [1.29, 1.82) is 0 Å². The summed E-state index contributed by atoms with van der Waals surface area (Å²) in [5.74, 6) is 0.507. The number of carbonyl (C=O) groups is 1. The molecule has 1 amide bonds. The molecule has 3 N–H and O–H groups in total. The zero-order chi connectivity index (χ0) is 15.5. The molecule has 2 atom stereocenters. The predicted molar refractivity (Wildman–Crippen MR) is 87.5 cm³/mol. The van der Waals surface area contributed by atoms with E-state index in [0.717, 1.165) is 17.8 Å². The van der Waals surface area contributed by atoms with E-state index in [1.54, 1.807) is 0 Å². The van der Waals surface area contributed by atoms with Gasteiger partial charge in [0.05, 0.1) is 5.01 Å². The van der Waals surface area contributed by atoms with E-state index in [0.29, 0.717) is 18.2 Å².